The highest BCUT2D eigenvalue weighted by Gasteiger charge is 2.10. The van der Waals surface area contributed by atoms with Crippen LogP contribution in [0.25, 0.3) is 0 Å². The number of aryl methyl sites for hydroxylation is 1. The molecule has 4 nitrogen and oxygen atoms in total. The molecule has 0 aromatic heterocycles. The highest BCUT2D eigenvalue weighted by Crippen LogP contribution is 2.35. The summed E-state index contributed by atoms with van der Waals surface area (Å²) in [4.78, 5) is 0. The smallest absolute Gasteiger partial charge is 0.134 e. The lowest BCUT2D eigenvalue weighted by Gasteiger charge is -2.14. The van der Waals surface area contributed by atoms with E-state index in [-0.39, 0.29) is 0 Å². The molecule has 190 valence electrons. The van der Waals surface area contributed by atoms with Crippen LogP contribution in [0.4, 0.5) is 0 Å². The van der Waals surface area contributed by atoms with Gasteiger partial charge in [0.2, 0.25) is 0 Å². The van der Waals surface area contributed by atoms with Crippen molar-refractivity contribution in [2.24, 2.45) is 0 Å². The van der Waals surface area contributed by atoms with Gasteiger partial charge in [-0.1, -0.05) is 69.1 Å². The third-order valence-electron chi connectivity index (χ3n) is 5.56. The minimum Gasteiger partial charge on any atom is -0.457 e. The Balaban J connectivity index is 1.32. The normalized spacial score (nSPS) is 10.6. The van der Waals surface area contributed by atoms with Crippen LogP contribution in [0, 0.1) is 0 Å². The first kappa shape index (κ1) is 25.9. The van der Waals surface area contributed by atoms with Gasteiger partial charge in [0, 0.05) is 27.1 Å². The summed E-state index contributed by atoms with van der Waals surface area (Å²) in [5, 5.41) is 0. The summed E-state index contributed by atoms with van der Waals surface area (Å²) in [6.07, 6.45) is 0.819. The van der Waals surface area contributed by atoms with Crippen molar-refractivity contribution >= 4 is 31.9 Å². The molecule has 0 radical (unpaired) electrons. The second-order valence-electron chi connectivity index (χ2n) is 8.40. The molecule has 0 fully saturated rings. The number of benzene rings is 5. The molecule has 0 N–H and O–H groups in total. The average molecular weight is 632 g/mol. The highest BCUT2D eigenvalue weighted by molar-refractivity contribution is 9.10. The summed E-state index contributed by atoms with van der Waals surface area (Å²) in [5.74, 6) is 5.59. The largest absolute Gasteiger partial charge is 0.457 e. The standard InChI is InChI=1S/C32H24Br2O4/c1-2-22-15-16-31(37-28-12-5-11-27(19-28)35-25-9-3-7-23(33)17-25)21-32(22)38-30-14-6-13-29(20-30)36-26-10-4-8-24(34)18-26/h3-21H,2H2,1H3. The van der Waals surface area contributed by atoms with E-state index in [0.717, 1.165) is 38.2 Å². The summed E-state index contributed by atoms with van der Waals surface area (Å²) in [7, 11) is 0. The quantitative estimate of drug-likeness (QED) is 0.162. The zero-order valence-corrected chi connectivity index (χ0v) is 23.7. The van der Waals surface area contributed by atoms with E-state index in [1.54, 1.807) is 0 Å². The Hall–Kier alpha value is -3.74. The maximum Gasteiger partial charge on any atom is 0.134 e. The van der Waals surface area contributed by atoms with E-state index in [1.165, 1.54) is 0 Å². The minimum absolute atomic E-state index is 0.664. The van der Waals surface area contributed by atoms with E-state index in [0.29, 0.717) is 28.7 Å². The van der Waals surface area contributed by atoms with Crippen molar-refractivity contribution in [1.82, 2.24) is 0 Å². The number of halogens is 2. The fraction of sp³-hybridized carbons (Fsp3) is 0.0625. The van der Waals surface area contributed by atoms with Crippen molar-refractivity contribution in [3.05, 3.63) is 130 Å². The van der Waals surface area contributed by atoms with Gasteiger partial charge in [-0.05, 0) is 78.7 Å². The molecule has 0 saturated carbocycles. The first-order chi connectivity index (χ1) is 18.5. The molecule has 0 amide bonds. The van der Waals surface area contributed by atoms with Gasteiger partial charge in [-0.3, -0.25) is 0 Å². The van der Waals surface area contributed by atoms with Gasteiger partial charge in [0.15, 0.2) is 0 Å². The summed E-state index contributed by atoms with van der Waals surface area (Å²) in [6, 6.07) is 36.4. The Morgan fingerprint density at radius 2 is 0.842 bits per heavy atom. The molecule has 0 spiro atoms. The molecule has 0 heterocycles. The molecular formula is C32H24Br2O4. The van der Waals surface area contributed by atoms with Gasteiger partial charge in [-0.2, -0.15) is 0 Å². The topological polar surface area (TPSA) is 36.9 Å². The summed E-state index contributed by atoms with van der Waals surface area (Å²) in [5.41, 5.74) is 1.07. The minimum atomic E-state index is 0.664. The SMILES string of the molecule is CCc1ccc(Oc2cccc(Oc3cccc(Br)c3)c2)cc1Oc1cccc(Oc2cccc(Br)c2)c1. The Labute approximate surface area is 239 Å². The number of ether oxygens (including phenoxy) is 4. The lowest BCUT2D eigenvalue weighted by atomic mass is 10.1. The summed E-state index contributed by atoms with van der Waals surface area (Å²) in [6.45, 7) is 2.10. The van der Waals surface area contributed by atoms with Gasteiger partial charge in [0.25, 0.3) is 0 Å². The zero-order chi connectivity index (χ0) is 26.3. The van der Waals surface area contributed by atoms with Crippen LogP contribution in [-0.4, -0.2) is 0 Å². The summed E-state index contributed by atoms with van der Waals surface area (Å²) >= 11 is 6.95. The van der Waals surface area contributed by atoms with Crippen molar-refractivity contribution < 1.29 is 18.9 Å². The van der Waals surface area contributed by atoms with E-state index in [9.17, 15) is 0 Å². The van der Waals surface area contributed by atoms with Gasteiger partial charge in [0.05, 0.1) is 0 Å². The molecule has 5 aromatic rings. The van der Waals surface area contributed by atoms with Gasteiger partial charge >= 0.3 is 0 Å². The number of hydrogen-bond donors (Lipinski definition) is 0. The predicted octanol–water partition coefficient (Wildman–Crippen LogP) is 10.9. The lowest BCUT2D eigenvalue weighted by molar-refractivity contribution is 0.444. The zero-order valence-electron chi connectivity index (χ0n) is 20.6. The number of rotatable bonds is 9. The maximum absolute atomic E-state index is 6.30. The van der Waals surface area contributed by atoms with Gasteiger partial charge in [-0.25, -0.2) is 0 Å². The van der Waals surface area contributed by atoms with E-state index < -0.39 is 0 Å². The van der Waals surface area contributed by atoms with Crippen LogP contribution in [0.5, 0.6) is 46.0 Å². The Morgan fingerprint density at radius 3 is 1.29 bits per heavy atom. The van der Waals surface area contributed by atoms with Gasteiger partial charge in [-0.15, -0.1) is 0 Å². The monoisotopic (exact) mass is 630 g/mol. The van der Waals surface area contributed by atoms with Crippen LogP contribution < -0.4 is 18.9 Å². The van der Waals surface area contributed by atoms with Crippen molar-refractivity contribution in [2.75, 3.05) is 0 Å². The second kappa shape index (κ2) is 12.2. The Kier molecular flexibility index (Phi) is 8.31. The molecule has 38 heavy (non-hydrogen) atoms. The van der Waals surface area contributed by atoms with Crippen molar-refractivity contribution in [1.29, 1.82) is 0 Å². The number of hydrogen-bond acceptors (Lipinski definition) is 4. The first-order valence-corrected chi connectivity index (χ1v) is 13.7. The Morgan fingerprint density at radius 1 is 0.447 bits per heavy atom. The molecule has 0 aliphatic carbocycles. The van der Waals surface area contributed by atoms with E-state index in [4.69, 9.17) is 18.9 Å². The molecule has 0 aliphatic heterocycles. The molecule has 0 atom stereocenters. The molecule has 0 bridgehead atoms. The fourth-order valence-electron chi connectivity index (χ4n) is 3.78. The molecule has 6 heteroatoms. The Bertz CT molecular complexity index is 1550. The third kappa shape index (κ3) is 6.97. The van der Waals surface area contributed by atoms with Crippen LogP contribution in [-0.2, 0) is 6.42 Å². The van der Waals surface area contributed by atoms with E-state index in [2.05, 4.69) is 38.8 Å². The fourth-order valence-corrected chi connectivity index (χ4v) is 4.54. The van der Waals surface area contributed by atoms with Crippen molar-refractivity contribution in [3.63, 3.8) is 0 Å². The molecule has 5 rings (SSSR count). The van der Waals surface area contributed by atoms with Crippen LogP contribution >= 0.6 is 31.9 Å². The molecular weight excluding hydrogens is 608 g/mol. The van der Waals surface area contributed by atoms with Crippen LogP contribution in [0.15, 0.2) is 124 Å². The highest BCUT2D eigenvalue weighted by atomic mass is 79.9. The molecule has 0 unspecified atom stereocenters. The maximum atomic E-state index is 6.30. The molecule has 5 aromatic carbocycles. The van der Waals surface area contributed by atoms with Crippen molar-refractivity contribution in [3.8, 4) is 46.0 Å². The molecule has 0 saturated heterocycles. The van der Waals surface area contributed by atoms with Gasteiger partial charge in [0.1, 0.15) is 46.0 Å². The summed E-state index contributed by atoms with van der Waals surface area (Å²) < 4.78 is 26.4. The van der Waals surface area contributed by atoms with Crippen LogP contribution in [0.3, 0.4) is 0 Å². The van der Waals surface area contributed by atoms with E-state index in [1.807, 2.05) is 115 Å². The van der Waals surface area contributed by atoms with E-state index >= 15 is 0 Å². The lowest BCUT2D eigenvalue weighted by Crippen LogP contribution is -1.93. The molecule has 0 aliphatic rings. The van der Waals surface area contributed by atoms with Crippen LogP contribution in [0.2, 0.25) is 0 Å². The van der Waals surface area contributed by atoms with Gasteiger partial charge < -0.3 is 18.9 Å². The average Bonchev–Trinajstić information content (AvgIpc) is 2.89. The van der Waals surface area contributed by atoms with Crippen LogP contribution in [0.1, 0.15) is 12.5 Å². The third-order valence-corrected chi connectivity index (χ3v) is 6.54. The van der Waals surface area contributed by atoms with Crippen molar-refractivity contribution in [2.45, 2.75) is 13.3 Å². The predicted molar refractivity (Wildman–Crippen MR) is 157 cm³/mol. The first-order valence-electron chi connectivity index (χ1n) is 12.1. The second-order valence-corrected chi connectivity index (χ2v) is 10.2.